The number of nitrogens with one attached hydrogen (secondary N) is 1. The molecule has 32 heavy (non-hydrogen) atoms. The zero-order chi connectivity index (χ0) is 22.6. The van der Waals surface area contributed by atoms with Gasteiger partial charge in [0.2, 0.25) is 0 Å². The molecular weight excluding hydrogens is 420 g/mol. The number of anilines is 1. The van der Waals surface area contributed by atoms with Gasteiger partial charge in [0.05, 0.1) is 12.8 Å². The van der Waals surface area contributed by atoms with Crippen molar-refractivity contribution in [2.24, 2.45) is 9.98 Å². The molecule has 0 radical (unpaired) electrons. The summed E-state index contributed by atoms with van der Waals surface area (Å²) in [6.45, 7) is 5.47. The number of aliphatic imine (C=N–C) groups is 2. The van der Waals surface area contributed by atoms with E-state index in [1.807, 2.05) is 60.4 Å². The van der Waals surface area contributed by atoms with Gasteiger partial charge in [0.15, 0.2) is 5.66 Å². The van der Waals surface area contributed by atoms with Crippen LogP contribution in [0.15, 0.2) is 58.5 Å². The van der Waals surface area contributed by atoms with Gasteiger partial charge in [-0.2, -0.15) is 0 Å². The first-order valence-corrected chi connectivity index (χ1v) is 12.1. The topological polar surface area (TPSA) is 66.3 Å². The molecule has 0 saturated carbocycles. The van der Waals surface area contributed by atoms with Crippen LogP contribution in [0.2, 0.25) is 0 Å². The second-order valence-electron chi connectivity index (χ2n) is 8.22. The summed E-state index contributed by atoms with van der Waals surface area (Å²) in [5.41, 5.74) is 3.54. The van der Waals surface area contributed by atoms with Gasteiger partial charge < -0.3 is 15.0 Å². The van der Waals surface area contributed by atoms with Crippen LogP contribution < -0.4 is 10.1 Å². The maximum absolute atomic E-state index is 12.7. The Morgan fingerprint density at radius 1 is 1.09 bits per heavy atom. The summed E-state index contributed by atoms with van der Waals surface area (Å²) in [7, 11) is 1.67. The summed E-state index contributed by atoms with van der Waals surface area (Å²) in [5.74, 6) is 1.84. The molecule has 2 aliphatic rings. The lowest BCUT2D eigenvalue weighted by molar-refractivity contribution is 0.175. The predicted molar refractivity (Wildman–Crippen MR) is 133 cm³/mol. The molecule has 1 spiro atoms. The summed E-state index contributed by atoms with van der Waals surface area (Å²) in [6.07, 6.45) is 2.54. The zero-order valence-electron chi connectivity index (χ0n) is 18.9. The minimum absolute atomic E-state index is 0.0642. The van der Waals surface area contributed by atoms with Crippen molar-refractivity contribution in [3.05, 3.63) is 59.7 Å². The van der Waals surface area contributed by atoms with Crippen LogP contribution in [0.5, 0.6) is 5.75 Å². The Bertz CT molecular complexity index is 1010. The number of methoxy groups -OCH3 is 1. The van der Waals surface area contributed by atoms with E-state index in [-0.39, 0.29) is 6.03 Å². The van der Waals surface area contributed by atoms with Crippen LogP contribution in [-0.2, 0) is 0 Å². The van der Waals surface area contributed by atoms with Crippen molar-refractivity contribution in [2.45, 2.75) is 38.8 Å². The van der Waals surface area contributed by atoms with Crippen molar-refractivity contribution in [2.75, 3.05) is 31.3 Å². The second kappa shape index (κ2) is 9.77. The van der Waals surface area contributed by atoms with Gasteiger partial charge in [0, 0.05) is 37.2 Å². The quantitative estimate of drug-likeness (QED) is 0.666. The third-order valence-corrected chi connectivity index (χ3v) is 6.96. The predicted octanol–water partition coefficient (Wildman–Crippen LogP) is 5.37. The monoisotopic (exact) mass is 450 g/mol. The van der Waals surface area contributed by atoms with Crippen LogP contribution >= 0.6 is 11.8 Å². The van der Waals surface area contributed by atoms with E-state index in [1.165, 1.54) is 5.56 Å². The van der Waals surface area contributed by atoms with Crippen molar-refractivity contribution >= 4 is 34.2 Å². The van der Waals surface area contributed by atoms with E-state index in [1.54, 1.807) is 18.9 Å². The fraction of sp³-hybridized carbons (Fsp3) is 0.400. The Labute approximate surface area is 194 Å². The Morgan fingerprint density at radius 3 is 2.41 bits per heavy atom. The number of hydrogen-bond acceptors (Lipinski definition) is 5. The van der Waals surface area contributed by atoms with Gasteiger partial charge in [0.1, 0.15) is 10.8 Å². The van der Waals surface area contributed by atoms with E-state index < -0.39 is 5.66 Å². The fourth-order valence-corrected chi connectivity index (χ4v) is 4.82. The molecule has 0 aromatic heterocycles. The summed E-state index contributed by atoms with van der Waals surface area (Å²) < 4.78 is 5.30. The van der Waals surface area contributed by atoms with Crippen LogP contribution in [0.1, 0.15) is 37.3 Å². The molecule has 2 aliphatic heterocycles. The van der Waals surface area contributed by atoms with E-state index in [0.29, 0.717) is 13.1 Å². The molecule has 2 aromatic rings. The van der Waals surface area contributed by atoms with Crippen LogP contribution in [0.25, 0.3) is 0 Å². The molecule has 0 bridgehead atoms. The first kappa shape index (κ1) is 22.4. The summed E-state index contributed by atoms with van der Waals surface area (Å²) in [4.78, 5) is 24.8. The van der Waals surface area contributed by atoms with Crippen molar-refractivity contribution in [1.29, 1.82) is 0 Å². The molecule has 1 saturated heterocycles. The molecule has 168 valence electrons. The molecule has 0 aliphatic carbocycles. The normalized spacial score (nSPS) is 17.2. The Hall–Kier alpha value is -2.80. The summed E-state index contributed by atoms with van der Waals surface area (Å²) >= 11 is 1.77. The summed E-state index contributed by atoms with van der Waals surface area (Å²) in [5, 5.41) is 4.01. The van der Waals surface area contributed by atoms with Crippen LogP contribution in [0.4, 0.5) is 10.5 Å². The molecule has 0 unspecified atom stereocenters. The SMILES string of the molecule is CCCSC1=NC2(CCN(C(=O)Nc3ccc(C)cc3)CC2)N=C1c1ccc(OC)cc1. The number of nitrogens with zero attached hydrogens (tertiary/aromatic N) is 3. The number of carbonyl (C=O) groups excluding carboxylic acids is 1. The molecule has 2 amide bonds. The van der Waals surface area contributed by atoms with Gasteiger partial charge >= 0.3 is 6.03 Å². The third-order valence-electron chi connectivity index (χ3n) is 5.79. The highest BCUT2D eigenvalue weighted by atomic mass is 32.2. The maximum atomic E-state index is 12.7. The van der Waals surface area contributed by atoms with Gasteiger partial charge in [-0.1, -0.05) is 24.6 Å². The van der Waals surface area contributed by atoms with Gasteiger partial charge in [0.25, 0.3) is 0 Å². The molecule has 2 aromatic carbocycles. The number of aryl methyl sites for hydroxylation is 1. The lowest BCUT2D eigenvalue weighted by Crippen LogP contribution is -2.46. The molecule has 2 heterocycles. The molecular formula is C25H30N4O2S. The Balaban J connectivity index is 1.47. The van der Waals surface area contributed by atoms with Crippen molar-refractivity contribution < 1.29 is 9.53 Å². The van der Waals surface area contributed by atoms with Gasteiger partial charge in [-0.05, 0) is 55.5 Å². The largest absolute Gasteiger partial charge is 0.497 e. The zero-order valence-corrected chi connectivity index (χ0v) is 19.7. The van der Waals surface area contributed by atoms with Crippen LogP contribution in [-0.4, -0.2) is 53.3 Å². The first-order chi connectivity index (χ1) is 15.5. The van der Waals surface area contributed by atoms with Crippen LogP contribution in [0.3, 0.4) is 0 Å². The average molecular weight is 451 g/mol. The number of carbonyl (C=O) groups is 1. The highest BCUT2D eigenvalue weighted by Crippen LogP contribution is 2.36. The van der Waals surface area contributed by atoms with Crippen molar-refractivity contribution in [3.63, 3.8) is 0 Å². The minimum Gasteiger partial charge on any atom is -0.497 e. The highest BCUT2D eigenvalue weighted by Gasteiger charge is 2.40. The molecule has 7 heteroatoms. The number of hydrogen-bond donors (Lipinski definition) is 1. The minimum atomic E-state index is -0.466. The standard InChI is InChI=1S/C25H30N4O2S/c1-4-17-32-23-22(19-7-11-21(31-3)12-8-19)27-25(28-23)13-15-29(16-14-25)24(30)26-20-9-5-18(2)6-10-20/h5-12H,4,13-17H2,1-3H3,(H,26,30). The van der Waals surface area contributed by atoms with E-state index in [0.717, 1.165) is 52.8 Å². The smallest absolute Gasteiger partial charge is 0.321 e. The van der Waals surface area contributed by atoms with Gasteiger partial charge in [-0.25, -0.2) is 9.79 Å². The molecule has 1 fully saturated rings. The molecule has 0 atom stereocenters. The molecule has 6 nitrogen and oxygen atoms in total. The third kappa shape index (κ3) is 4.99. The maximum Gasteiger partial charge on any atom is 0.321 e. The number of ether oxygens (including phenoxy) is 1. The fourth-order valence-electron chi connectivity index (χ4n) is 3.89. The van der Waals surface area contributed by atoms with Crippen molar-refractivity contribution in [1.82, 2.24) is 4.90 Å². The van der Waals surface area contributed by atoms with E-state index >= 15 is 0 Å². The highest BCUT2D eigenvalue weighted by molar-refractivity contribution is 8.15. The van der Waals surface area contributed by atoms with E-state index in [2.05, 4.69) is 12.2 Å². The van der Waals surface area contributed by atoms with Gasteiger partial charge in [-0.3, -0.25) is 4.99 Å². The number of piperidine rings is 1. The lowest BCUT2D eigenvalue weighted by Gasteiger charge is -2.35. The molecule has 4 rings (SSSR count). The van der Waals surface area contributed by atoms with E-state index in [4.69, 9.17) is 14.7 Å². The van der Waals surface area contributed by atoms with Gasteiger partial charge in [-0.15, -0.1) is 11.8 Å². The number of benzene rings is 2. The molecule has 1 N–H and O–H groups in total. The second-order valence-corrected chi connectivity index (χ2v) is 9.30. The number of thioether (sulfide) groups is 1. The number of likely N-dealkylation sites (tertiary alicyclic amines) is 1. The Kier molecular flexibility index (Phi) is 6.84. The summed E-state index contributed by atoms with van der Waals surface area (Å²) in [6, 6.07) is 15.8. The Morgan fingerprint density at radius 2 is 1.78 bits per heavy atom. The number of urea groups is 1. The van der Waals surface area contributed by atoms with Crippen LogP contribution in [0, 0.1) is 6.92 Å². The lowest BCUT2D eigenvalue weighted by atomic mass is 9.98. The number of amides is 2. The van der Waals surface area contributed by atoms with Crippen molar-refractivity contribution in [3.8, 4) is 5.75 Å². The average Bonchev–Trinajstić information content (AvgIpc) is 3.17. The number of rotatable bonds is 5. The van der Waals surface area contributed by atoms with E-state index in [9.17, 15) is 4.79 Å². The first-order valence-electron chi connectivity index (χ1n) is 11.1.